The van der Waals surface area contributed by atoms with E-state index in [-0.39, 0.29) is 12.3 Å². The van der Waals surface area contributed by atoms with Crippen molar-refractivity contribution in [1.29, 1.82) is 0 Å². The zero-order chi connectivity index (χ0) is 17.7. The van der Waals surface area contributed by atoms with Gasteiger partial charge >= 0.3 is 5.97 Å². The number of nitrogens with zero attached hydrogens (tertiary/aromatic N) is 1. The predicted molar refractivity (Wildman–Crippen MR) is 92.4 cm³/mol. The minimum atomic E-state index is -0.871. The summed E-state index contributed by atoms with van der Waals surface area (Å²) in [6.45, 7) is 10.8. The van der Waals surface area contributed by atoms with Gasteiger partial charge in [0.2, 0.25) is 5.91 Å². The topological polar surface area (TPSA) is 66.8 Å². The summed E-state index contributed by atoms with van der Waals surface area (Å²) in [5.74, 6) is -0.813. The fourth-order valence-corrected chi connectivity index (χ4v) is 2.66. The molecular formula is C18H35NO4. The quantitative estimate of drug-likeness (QED) is 0.588. The van der Waals surface area contributed by atoms with Gasteiger partial charge < -0.3 is 14.7 Å². The van der Waals surface area contributed by atoms with Gasteiger partial charge in [-0.1, -0.05) is 47.0 Å². The molecule has 5 nitrogen and oxygen atoms in total. The molecule has 23 heavy (non-hydrogen) atoms. The van der Waals surface area contributed by atoms with Crippen molar-refractivity contribution < 1.29 is 19.4 Å². The molecule has 0 spiro atoms. The van der Waals surface area contributed by atoms with E-state index in [0.717, 1.165) is 19.4 Å². The molecule has 1 amide bonds. The van der Waals surface area contributed by atoms with Crippen LogP contribution in [-0.4, -0.2) is 48.2 Å². The molecule has 2 unspecified atom stereocenters. The summed E-state index contributed by atoms with van der Waals surface area (Å²) in [6, 6.07) is 0. The van der Waals surface area contributed by atoms with Crippen molar-refractivity contribution in [2.24, 2.45) is 11.8 Å². The predicted octanol–water partition coefficient (Wildman–Crippen LogP) is 3.57. The van der Waals surface area contributed by atoms with E-state index in [1.165, 1.54) is 19.3 Å². The first-order chi connectivity index (χ1) is 11.1. The van der Waals surface area contributed by atoms with Crippen LogP contribution in [0.25, 0.3) is 0 Å². The minimum absolute atomic E-state index is 0.0446. The van der Waals surface area contributed by atoms with E-state index in [0.29, 0.717) is 25.6 Å². The van der Waals surface area contributed by atoms with Crippen LogP contribution < -0.4 is 0 Å². The summed E-state index contributed by atoms with van der Waals surface area (Å²) in [4.78, 5) is 24.2. The van der Waals surface area contributed by atoms with E-state index < -0.39 is 11.9 Å². The van der Waals surface area contributed by atoms with Crippen molar-refractivity contribution in [3.8, 4) is 0 Å². The summed E-state index contributed by atoms with van der Waals surface area (Å²) in [7, 11) is 0. The summed E-state index contributed by atoms with van der Waals surface area (Å²) < 4.78 is 5.70. The lowest BCUT2D eigenvalue weighted by molar-refractivity contribution is -0.141. The maximum atomic E-state index is 11.6. The van der Waals surface area contributed by atoms with Gasteiger partial charge in [-0.3, -0.25) is 9.59 Å². The van der Waals surface area contributed by atoms with Crippen molar-refractivity contribution in [2.75, 3.05) is 26.3 Å². The van der Waals surface area contributed by atoms with Crippen molar-refractivity contribution in [3.05, 3.63) is 0 Å². The van der Waals surface area contributed by atoms with Gasteiger partial charge in [-0.25, -0.2) is 0 Å². The maximum absolute atomic E-state index is 11.6. The molecule has 0 saturated carbocycles. The molecule has 1 rings (SSSR count). The zero-order valence-electron chi connectivity index (χ0n) is 15.3. The minimum Gasteiger partial charge on any atom is -0.481 e. The lowest BCUT2D eigenvalue weighted by atomic mass is 10.0. The van der Waals surface area contributed by atoms with Crippen molar-refractivity contribution in [1.82, 2.24) is 4.90 Å². The van der Waals surface area contributed by atoms with Gasteiger partial charge in [-0.2, -0.15) is 0 Å². The second kappa shape index (κ2) is 13.3. The van der Waals surface area contributed by atoms with Gasteiger partial charge in [0.05, 0.1) is 5.92 Å². The molecule has 1 aliphatic rings. The Morgan fingerprint density at radius 2 is 2.04 bits per heavy atom. The van der Waals surface area contributed by atoms with Gasteiger partial charge in [0.1, 0.15) is 0 Å². The van der Waals surface area contributed by atoms with E-state index in [9.17, 15) is 9.59 Å². The normalized spacial score (nSPS) is 18.5. The van der Waals surface area contributed by atoms with E-state index in [1.54, 1.807) is 4.90 Å². The summed E-state index contributed by atoms with van der Waals surface area (Å²) in [5, 5.41) is 8.91. The summed E-state index contributed by atoms with van der Waals surface area (Å²) in [5.41, 5.74) is 0. The lowest BCUT2D eigenvalue weighted by Crippen LogP contribution is -2.28. The van der Waals surface area contributed by atoms with Crippen LogP contribution in [0.5, 0.6) is 0 Å². The molecule has 136 valence electrons. The standard InChI is InChI=1S/C16H29NO4.C2H6/c1-3-5-7-13(4-2)12-21-9-6-8-17-11-14(16(19)20)10-15(17)18;1-2/h13-14H,3-12H2,1-2H3,(H,19,20);1-2H3. The Morgan fingerprint density at radius 3 is 2.57 bits per heavy atom. The van der Waals surface area contributed by atoms with Gasteiger partial charge in [-0.05, 0) is 18.8 Å². The molecule has 0 aliphatic carbocycles. The van der Waals surface area contributed by atoms with Crippen LogP contribution >= 0.6 is 0 Å². The average Bonchev–Trinajstić information content (AvgIpc) is 2.93. The van der Waals surface area contributed by atoms with Crippen molar-refractivity contribution >= 4 is 11.9 Å². The molecule has 1 N–H and O–H groups in total. The zero-order valence-corrected chi connectivity index (χ0v) is 15.3. The van der Waals surface area contributed by atoms with Crippen molar-refractivity contribution in [3.63, 3.8) is 0 Å². The fraction of sp³-hybridized carbons (Fsp3) is 0.889. The molecule has 0 aromatic heterocycles. The van der Waals surface area contributed by atoms with Crippen LogP contribution in [0.2, 0.25) is 0 Å². The van der Waals surface area contributed by atoms with E-state index >= 15 is 0 Å². The molecule has 1 aliphatic heterocycles. The van der Waals surface area contributed by atoms with Gasteiger partial charge in [0, 0.05) is 32.7 Å². The van der Waals surface area contributed by atoms with Crippen LogP contribution in [0.15, 0.2) is 0 Å². The number of likely N-dealkylation sites (tertiary alicyclic amines) is 1. The van der Waals surface area contributed by atoms with Crippen molar-refractivity contribution in [2.45, 2.75) is 66.2 Å². The molecule has 1 saturated heterocycles. The smallest absolute Gasteiger partial charge is 0.308 e. The Kier molecular flexibility index (Phi) is 12.7. The molecule has 0 aromatic carbocycles. The maximum Gasteiger partial charge on any atom is 0.308 e. The van der Waals surface area contributed by atoms with Gasteiger partial charge in [0.15, 0.2) is 0 Å². The number of ether oxygens (including phenoxy) is 1. The number of rotatable bonds is 11. The van der Waals surface area contributed by atoms with Crippen LogP contribution in [0, 0.1) is 11.8 Å². The van der Waals surface area contributed by atoms with E-state index in [4.69, 9.17) is 9.84 Å². The third-order valence-electron chi connectivity index (χ3n) is 4.18. The van der Waals surface area contributed by atoms with Gasteiger partial charge in [0.25, 0.3) is 0 Å². The molecule has 1 heterocycles. The van der Waals surface area contributed by atoms with Gasteiger partial charge in [-0.15, -0.1) is 0 Å². The molecule has 2 atom stereocenters. The van der Waals surface area contributed by atoms with Crippen LogP contribution in [-0.2, 0) is 14.3 Å². The molecule has 1 fully saturated rings. The highest BCUT2D eigenvalue weighted by Crippen LogP contribution is 2.18. The van der Waals surface area contributed by atoms with E-state index in [1.807, 2.05) is 13.8 Å². The Bertz CT molecular complexity index is 333. The Balaban J connectivity index is 0.00000232. The number of amides is 1. The monoisotopic (exact) mass is 329 g/mol. The lowest BCUT2D eigenvalue weighted by Gasteiger charge is -2.17. The number of hydrogen-bond donors (Lipinski definition) is 1. The highest BCUT2D eigenvalue weighted by Gasteiger charge is 2.33. The molecule has 0 bridgehead atoms. The largest absolute Gasteiger partial charge is 0.481 e. The molecule has 5 heteroatoms. The number of unbranched alkanes of at least 4 members (excludes halogenated alkanes) is 1. The first-order valence-electron chi connectivity index (χ1n) is 9.16. The van der Waals surface area contributed by atoms with E-state index in [2.05, 4.69) is 13.8 Å². The fourth-order valence-electron chi connectivity index (χ4n) is 2.66. The molecule has 0 radical (unpaired) electrons. The second-order valence-corrected chi connectivity index (χ2v) is 5.92. The Labute approximate surface area is 141 Å². The first kappa shape index (κ1) is 21.9. The first-order valence-corrected chi connectivity index (χ1v) is 9.16. The number of carboxylic acid groups (broad SMARTS) is 1. The van der Waals surface area contributed by atoms with Crippen LogP contribution in [0.4, 0.5) is 0 Å². The number of carbonyl (C=O) groups excluding carboxylic acids is 1. The summed E-state index contributed by atoms with van der Waals surface area (Å²) >= 11 is 0. The summed E-state index contributed by atoms with van der Waals surface area (Å²) in [6.07, 6.45) is 5.76. The highest BCUT2D eigenvalue weighted by atomic mass is 16.5. The Hall–Kier alpha value is -1.10. The van der Waals surface area contributed by atoms with Crippen LogP contribution in [0.3, 0.4) is 0 Å². The molecule has 0 aromatic rings. The number of aliphatic carboxylic acids is 1. The van der Waals surface area contributed by atoms with Crippen LogP contribution in [0.1, 0.15) is 66.2 Å². The Morgan fingerprint density at radius 1 is 1.35 bits per heavy atom. The third-order valence-corrected chi connectivity index (χ3v) is 4.18. The average molecular weight is 329 g/mol. The third kappa shape index (κ3) is 8.94. The second-order valence-electron chi connectivity index (χ2n) is 5.92. The SMILES string of the molecule is CC.CCCCC(CC)COCCCN1CC(C(=O)O)CC1=O. The highest BCUT2D eigenvalue weighted by molar-refractivity contribution is 5.86. The number of carboxylic acids is 1. The number of hydrogen-bond acceptors (Lipinski definition) is 3. The number of carbonyl (C=O) groups is 2. The molecular weight excluding hydrogens is 294 g/mol.